The number of carboxylic acids is 1. The van der Waals surface area contributed by atoms with Crippen LogP contribution in [0.4, 0.5) is 14.5 Å². The molecule has 2 rings (SSSR count). The highest BCUT2D eigenvalue weighted by atomic mass is 19.3. The highest BCUT2D eigenvalue weighted by Gasteiger charge is 2.36. The van der Waals surface area contributed by atoms with Gasteiger partial charge in [0.25, 0.3) is 5.92 Å². The molecule has 1 aromatic carbocycles. The monoisotopic (exact) mass is 255 g/mol. The Morgan fingerprint density at radius 3 is 2.78 bits per heavy atom. The van der Waals surface area contributed by atoms with Crippen LogP contribution in [-0.2, 0) is 21.9 Å². The number of carboxylic acid groups (broad SMARTS) is 1. The van der Waals surface area contributed by atoms with Crippen LogP contribution >= 0.6 is 0 Å². The van der Waals surface area contributed by atoms with Crippen LogP contribution in [0.1, 0.15) is 17.5 Å². The fourth-order valence-electron chi connectivity index (χ4n) is 1.99. The summed E-state index contributed by atoms with van der Waals surface area (Å²) in [5.74, 6) is -5.15. The van der Waals surface area contributed by atoms with Crippen molar-refractivity contribution in [2.75, 3.05) is 11.9 Å². The number of nitrogens with zero attached hydrogens (tertiary/aromatic N) is 1. The van der Waals surface area contributed by atoms with Gasteiger partial charge in [0.05, 0.1) is 6.42 Å². The summed E-state index contributed by atoms with van der Waals surface area (Å²) in [6.45, 7) is 0. The molecule has 0 spiro atoms. The molecule has 4 nitrogen and oxygen atoms in total. The lowest BCUT2D eigenvalue weighted by molar-refractivity contribution is -0.145. The van der Waals surface area contributed by atoms with Crippen LogP contribution in [-0.4, -0.2) is 24.0 Å². The minimum atomic E-state index is -3.43. The number of carbonyl (C=O) groups is 2. The maximum atomic E-state index is 13.6. The molecule has 1 heterocycles. The van der Waals surface area contributed by atoms with Gasteiger partial charge in [0.2, 0.25) is 5.91 Å². The summed E-state index contributed by atoms with van der Waals surface area (Å²) in [6.07, 6.45) is -1.18. The number of fused-ring (bicyclic) bond motifs is 1. The lowest BCUT2D eigenvalue weighted by Gasteiger charge is -2.16. The Bertz CT molecular complexity index is 528. The molecule has 1 aromatic rings. The fraction of sp³-hybridized carbons (Fsp3) is 0.333. The Morgan fingerprint density at radius 2 is 2.17 bits per heavy atom. The van der Waals surface area contributed by atoms with Crippen LogP contribution in [0.25, 0.3) is 0 Å². The van der Waals surface area contributed by atoms with Gasteiger partial charge < -0.3 is 10.0 Å². The van der Waals surface area contributed by atoms with Crippen LogP contribution in [0.15, 0.2) is 18.2 Å². The van der Waals surface area contributed by atoms with Crippen molar-refractivity contribution in [3.63, 3.8) is 0 Å². The SMILES string of the molecule is CN1C(=O)Cc2cc(C(F)(F)CC(=O)O)ccc21. The van der Waals surface area contributed by atoms with E-state index < -0.39 is 18.3 Å². The second-order valence-electron chi connectivity index (χ2n) is 4.25. The largest absolute Gasteiger partial charge is 0.481 e. The molecule has 96 valence electrons. The number of aliphatic carboxylic acids is 1. The third kappa shape index (κ3) is 2.05. The molecular formula is C12H11F2NO3. The second kappa shape index (κ2) is 4.04. The number of alkyl halides is 2. The number of benzene rings is 1. The molecule has 0 aliphatic carbocycles. The normalized spacial score (nSPS) is 14.8. The van der Waals surface area contributed by atoms with Crippen molar-refractivity contribution in [1.29, 1.82) is 0 Å². The highest BCUT2D eigenvalue weighted by molar-refractivity contribution is 6.00. The van der Waals surface area contributed by atoms with Crippen LogP contribution in [0.2, 0.25) is 0 Å². The zero-order valence-corrected chi connectivity index (χ0v) is 9.61. The minimum Gasteiger partial charge on any atom is -0.481 e. The second-order valence-corrected chi connectivity index (χ2v) is 4.25. The Balaban J connectivity index is 2.36. The van der Waals surface area contributed by atoms with Gasteiger partial charge in [-0.15, -0.1) is 0 Å². The van der Waals surface area contributed by atoms with Crippen LogP contribution in [0.5, 0.6) is 0 Å². The van der Waals surface area contributed by atoms with Crippen LogP contribution < -0.4 is 4.90 Å². The van der Waals surface area contributed by atoms with Crippen LogP contribution in [0.3, 0.4) is 0 Å². The Kier molecular flexibility index (Phi) is 2.80. The molecule has 1 aliphatic rings. The highest BCUT2D eigenvalue weighted by Crippen LogP contribution is 2.36. The molecule has 1 N–H and O–H groups in total. The standard InChI is InChI=1S/C12H11F2NO3/c1-15-9-3-2-8(4-7(9)5-10(15)16)12(13,14)6-11(17)18/h2-4H,5-6H2,1H3,(H,17,18). The third-order valence-corrected chi connectivity index (χ3v) is 2.95. The lowest BCUT2D eigenvalue weighted by atomic mass is 10.0. The first-order valence-electron chi connectivity index (χ1n) is 5.31. The summed E-state index contributed by atoms with van der Waals surface area (Å²) in [5, 5.41) is 8.45. The number of halogens is 2. The zero-order valence-electron chi connectivity index (χ0n) is 9.61. The molecule has 0 aromatic heterocycles. The zero-order chi connectivity index (χ0) is 13.5. The molecule has 0 unspecified atom stereocenters. The quantitative estimate of drug-likeness (QED) is 0.895. The Morgan fingerprint density at radius 1 is 1.50 bits per heavy atom. The number of carbonyl (C=O) groups excluding carboxylic acids is 1. The fourth-order valence-corrected chi connectivity index (χ4v) is 1.99. The molecule has 1 aliphatic heterocycles. The van der Waals surface area contributed by atoms with E-state index in [0.717, 1.165) is 6.07 Å². The Hall–Kier alpha value is -1.98. The maximum Gasteiger partial charge on any atom is 0.309 e. The van der Waals surface area contributed by atoms with Gasteiger partial charge >= 0.3 is 5.97 Å². The van der Waals surface area contributed by atoms with Gasteiger partial charge in [-0.3, -0.25) is 9.59 Å². The average molecular weight is 255 g/mol. The summed E-state index contributed by atoms with van der Waals surface area (Å²) >= 11 is 0. The van der Waals surface area contributed by atoms with Crippen LogP contribution in [0, 0.1) is 0 Å². The maximum absolute atomic E-state index is 13.6. The smallest absolute Gasteiger partial charge is 0.309 e. The molecule has 0 fully saturated rings. The summed E-state index contributed by atoms with van der Waals surface area (Å²) < 4.78 is 27.2. The van der Waals surface area contributed by atoms with Gasteiger partial charge in [0, 0.05) is 18.3 Å². The van der Waals surface area contributed by atoms with Gasteiger partial charge in [0.1, 0.15) is 6.42 Å². The van der Waals surface area contributed by atoms with E-state index in [9.17, 15) is 18.4 Å². The van der Waals surface area contributed by atoms with Crippen molar-refractivity contribution in [2.45, 2.75) is 18.8 Å². The first kappa shape index (κ1) is 12.5. The van der Waals surface area contributed by atoms with E-state index in [1.54, 1.807) is 7.05 Å². The average Bonchev–Trinajstić information content (AvgIpc) is 2.52. The van der Waals surface area contributed by atoms with Gasteiger partial charge in [0.15, 0.2) is 0 Å². The van der Waals surface area contributed by atoms with Crippen molar-refractivity contribution in [1.82, 2.24) is 0 Å². The molecule has 0 atom stereocenters. The first-order chi connectivity index (χ1) is 8.31. The van der Waals surface area contributed by atoms with Gasteiger partial charge in [-0.05, 0) is 17.7 Å². The molecule has 0 radical (unpaired) electrons. The molecular weight excluding hydrogens is 244 g/mol. The molecule has 0 saturated heterocycles. The van der Waals surface area contributed by atoms with Gasteiger partial charge in [-0.1, -0.05) is 6.07 Å². The summed E-state index contributed by atoms with van der Waals surface area (Å²) in [7, 11) is 1.57. The van der Waals surface area contributed by atoms with Crippen molar-refractivity contribution in [2.24, 2.45) is 0 Å². The summed E-state index contributed by atoms with van der Waals surface area (Å²) in [4.78, 5) is 23.2. The van der Waals surface area contributed by atoms with Crippen molar-refractivity contribution in [3.05, 3.63) is 29.3 Å². The number of amides is 1. The third-order valence-electron chi connectivity index (χ3n) is 2.95. The van der Waals surface area contributed by atoms with E-state index in [4.69, 9.17) is 5.11 Å². The van der Waals surface area contributed by atoms with E-state index in [2.05, 4.69) is 0 Å². The summed E-state index contributed by atoms with van der Waals surface area (Å²) in [5.41, 5.74) is 0.728. The van der Waals surface area contributed by atoms with Crippen molar-refractivity contribution in [3.8, 4) is 0 Å². The van der Waals surface area contributed by atoms with E-state index >= 15 is 0 Å². The number of hydrogen-bond acceptors (Lipinski definition) is 2. The first-order valence-corrected chi connectivity index (χ1v) is 5.31. The van der Waals surface area contributed by atoms with Gasteiger partial charge in [-0.25, -0.2) is 8.78 Å². The van der Waals surface area contributed by atoms with Crippen molar-refractivity contribution >= 4 is 17.6 Å². The number of likely N-dealkylation sites (N-methyl/N-ethyl adjacent to an activating group) is 1. The van der Waals surface area contributed by atoms with Gasteiger partial charge in [-0.2, -0.15) is 0 Å². The lowest BCUT2D eigenvalue weighted by Crippen LogP contribution is -2.20. The number of rotatable bonds is 3. The molecule has 18 heavy (non-hydrogen) atoms. The van der Waals surface area contributed by atoms with E-state index in [1.165, 1.54) is 17.0 Å². The Labute approximate surface area is 102 Å². The topological polar surface area (TPSA) is 57.6 Å². The molecule has 1 amide bonds. The predicted octanol–water partition coefficient (Wildman–Crippen LogP) is 1.77. The summed E-state index contributed by atoms with van der Waals surface area (Å²) in [6, 6.07) is 3.79. The number of anilines is 1. The molecule has 6 heteroatoms. The number of hydrogen-bond donors (Lipinski definition) is 1. The minimum absolute atomic E-state index is 0.0722. The predicted molar refractivity (Wildman–Crippen MR) is 59.7 cm³/mol. The molecule has 0 bridgehead atoms. The van der Waals surface area contributed by atoms with Crippen molar-refractivity contribution < 1.29 is 23.5 Å². The van der Waals surface area contributed by atoms with E-state index in [1.807, 2.05) is 0 Å². The molecule has 0 saturated carbocycles. The van der Waals surface area contributed by atoms with E-state index in [-0.39, 0.29) is 17.9 Å². The van der Waals surface area contributed by atoms with E-state index in [0.29, 0.717) is 11.3 Å².